The number of nitrogens with two attached hydrogens (primary N) is 1. The Balaban J connectivity index is 2.20. The number of hydrogen-bond donors (Lipinski definition) is 2. The summed E-state index contributed by atoms with van der Waals surface area (Å²) in [7, 11) is 1.68. The first-order valence-electron chi connectivity index (χ1n) is 5.39. The number of likely N-dealkylation sites (tertiary alicyclic amines) is 1. The fourth-order valence-electron chi connectivity index (χ4n) is 1.93. The van der Waals surface area contributed by atoms with Crippen LogP contribution in [-0.2, 0) is 4.79 Å². The van der Waals surface area contributed by atoms with Crippen molar-refractivity contribution < 1.29 is 4.79 Å². The highest BCUT2D eigenvalue weighted by Gasteiger charge is 2.18. The first-order valence-corrected chi connectivity index (χ1v) is 5.39. The second kappa shape index (κ2) is 5.98. The van der Waals surface area contributed by atoms with Crippen LogP contribution in [0.5, 0.6) is 0 Å². The number of amides is 1. The molecule has 82 valence electrons. The van der Waals surface area contributed by atoms with Crippen LogP contribution in [0.1, 0.15) is 19.3 Å². The Morgan fingerprint density at radius 2 is 2.43 bits per heavy atom. The summed E-state index contributed by atoms with van der Waals surface area (Å²) >= 11 is 0. The third kappa shape index (κ3) is 3.64. The monoisotopic (exact) mass is 199 g/mol. The highest BCUT2D eigenvalue weighted by Crippen LogP contribution is 2.14. The smallest absolute Gasteiger partial charge is 0.221 e. The third-order valence-corrected chi connectivity index (χ3v) is 2.87. The summed E-state index contributed by atoms with van der Waals surface area (Å²) in [6, 6.07) is 0. The van der Waals surface area contributed by atoms with Crippen LogP contribution in [0.2, 0.25) is 0 Å². The van der Waals surface area contributed by atoms with Crippen molar-refractivity contribution in [1.82, 2.24) is 10.2 Å². The standard InChI is InChI=1S/C10H21N3O/c1-12-10(14)4-6-13-5-2-3-9(7-11)8-13/h9H,2-8,11H2,1H3,(H,12,14). The Kier molecular flexibility index (Phi) is 4.90. The van der Waals surface area contributed by atoms with Gasteiger partial charge in [-0.25, -0.2) is 0 Å². The van der Waals surface area contributed by atoms with Gasteiger partial charge in [0.05, 0.1) is 0 Å². The minimum Gasteiger partial charge on any atom is -0.359 e. The van der Waals surface area contributed by atoms with E-state index in [-0.39, 0.29) is 5.91 Å². The van der Waals surface area contributed by atoms with Crippen LogP contribution < -0.4 is 11.1 Å². The number of carbonyl (C=O) groups is 1. The number of nitrogens with zero attached hydrogens (tertiary/aromatic N) is 1. The molecule has 1 amide bonds. The summed E-state index contributed by atoms with van der Waals surface area (Å²) in [5, 5.41) is 2.64. The van der Waals surface area contributed by atoms with Gasteiger partial charge < -0.3 is 16.0 Å². The Morgan fingerprint density at radius 3 is 3.07 bits per heavy atom. The summed E-state index contributed by atoms with van der Waals surface area (Å²) in [5.74, 6) is 0.758. The van der Waals surface area contributed by atoms with E-state index in [9.17, 15) is 4.79 Å². The molecule has 4 heteroatoms. The van der Waals surface area contributed by atoms with Crippen LogP contribution in [0.15, 0.2) is 0 Å². The molecule has 0 bridgehead atoms. The van der Waals surface area contributed by atoms with Gasteiger partial charge in [0.1, 0.15) is 0 Å². The van der Waals surface area contributed by atoms with Gasteiger partial charge in [0, 0.05) is 26.6 Å². The van der Waals surface area contributed by atoms with Crippen molar-refractivity contribution in [3.63, 3.8) is 0 Å². The molecule has 0 aliphatic carbocycles. The van der Waals surface area contributed by atoms with E-state index in [1.807, 2.05) is 0 Å². The van der Waals surface area contributed by atoms with Crippen molar-refractivity contribution in [3.8, 4) is 0 Å². The van der Waals surface area contributed by atoms with Gasteiger partial charge in [-0.15, -0.1) is 0 Å². The fourth-order valence-corrected chi connectivity index (χ4v) is 1.93. The summed E-state index contributed by atoms with van der Waals surface area (Å²) in [6.07, 6.45) is 3.07. The summed E-state index contributed by atoms with van der Waals surface area (Å²) in [5.41, 5.74) is 5.64. The SMILES string of the molecule is CNC(=O)CCN1CCCC(CN)C1. The van der Waals surface area contributed by atoms with E-state index >= 15 is 0 Å². The van der Waals surface area contributed by atoms with Crippen LogP contribution in [0.4, 0.5) is 0 Å². The van der Waals surface area contributed by atoms with E-state index in [0.717, 1.165) is 26.2 Å². The molecule has 1 fully saturated rings. The van der Waals surface area contributed by atoms with Gasteiger partial charge in [-0.05, 0) is 31.8 Å². The summed E-state index contributed by atoms with van der Waals surface area (Å²) < 4.78 is 0. The van der Waals surface area contributed by atoms with Gasteiger partial charge in [-0.3, -0.25) is 4.79 Å². The maximum Gasteiger partial charge on any atom is 0.221 e. The van der Waals surface area contributed by atoms with Crippen molar-refractivity contribution in [2.75, 3.05) is 33.2 Å². The van der Waals surface area contributed by atoms with E-state index in [2.05, 4.69) is 10.2 Å². The minimum absolute atomic E-state index is 0.125. The first kappa shape index (κ1) is 11.5. The molecule has 1 saturated heterocycles. The van der Waals surface area contributed by atoms with Crippen molar-refractivity contribution in [2.45, 2.75) is 19.3 Å². The molecule has 1 heterocycles. The topological polar surface area (TPSA) is 58.4 Å². The molecule has 4 nitrogen and oxygen atoms in total. The number of piperidine rings is 1. The fraction of sp³-hybridized carbons (Fsp3) is 0.900. The number of rotatable bonds is 4. The van der Waals surface area contributed by atoms with Gasteiger partial charge in [0.25, 0.3) is 0 Å². The Morgan fingerprint density at radius 1 is 1.64 bits per heavy atom. The lowest BCUT2D eigenvalue weighted by Gasteiger charge is -2.31. The van der Waals surface area contributed by atoms with Gasteiger partial charge in [0.2, 0.25) is 5.91 Å². The molecular formula is C10H21N3O. The van der Waals surface area contributed by atoms with Gasteiger partial charge in [0.15, 0.2) is 0 Å². The quantitative estimate of drug-likeness (QED) is 0.659. The molecule has 1 rings (SSSR count). The van der Waals surface area contributed by atoms with Crippen LogP contribution >= 0.6 is 0 Å². The molecule has 1 aliphatic heterocycles. The van der Waals surface area contributed by atoms with Gasteiger partial charge >= 0.3 is 0 Å². The molecule has 0 aromatic carbocycles. The molecule has 0 radical (unpaired) electrons. The molecule has 0 aromatic rings. The average Bonchev–Trinajstić information content (AvgIpc) is 2.26. The molecule has 1 aliphatic rings. The lowest BCUT2D eigenvalue weighted by molar-refractivity contribution is -0.121. The Hall–Kier alpha value is -0.610. The lowest BCUT2D eigenvalue weighted by atomic mass is 9.98. The second-order valence-corrected chi connectivity index (χ2v) is 3.97. The molecule has 0 aromatic heterocycles. The number of nitrogens with one attached hydrogen (secondary N) is 1. The van der Waals surface area contributed by atoms with Crippen LogP contribution in [0, 0.1) is 5.92 Å². The maximum absolute atomic E-state index is 11.0. The van der Waals surface area contributed by atoms with Crippen molar-refractivity contribution in [3.05, 3.63) is 0 Å². The summed E-state index contributed by atoms with van der Waals surface area (Å²) in [6.45, 7) is 3.83. The predicted octanol–water partition coefficient (Wildman–Crippen LogP) is -0.207. The largest absolute Gasteiger partial charge is 0.359 e. The van der Waals surface area contributed by atoms with Crippen LogP contribution in [0.25, 0.3) is 0 Å². The predicted molar refractivity (Wildman–Crippen MR) is 56.9 cm³/mol. The minimum atomic E-state index is 0.125. The maximum atomic E-state index is 11.0. The molecular weight excluding hydrogens is 178 g/mol. The highest BCUT2D eigenvalue weighted by molar-refractivity contribution is 5.75. The number of hydrogen-bond acceptors (Lipinski definition) is 3. The van der Waals surface area contributed by atoms with Crippen LogP contribution in [0.3, 0.4) is 0 Å². The zero-order valence-corrected chi connectivity index (χ0v) is 8.96. The molecule has 1 unspecified atom stereocenters. The Labute approximate surface area is 85.8 Å². The zero-order chi connectivity index (χ0) is 10.4. The van der Waals surface area contributed by atoms with Crippen molar-refractivity contribution in [2.24, 2.45) is 11.7 Å². The molecule has 0 spiro atoms. The van der Waals surface area contributed by atoms with Gasteiger partial charge in [-0.2, -0.15) is 0 Å². The summed E-state index contributed by atoms with van der Waals surface area (Å²) in [4.78, 5) is 13.4. The zero-order valence-electron chi connectivity index (χ0n) is 8.96. The molecule has 0 saturated carbocycles. The highest BCUT2D eigenvalue weighted by atomic mass is 16.1. The van der Waals surface area contributed by atoms with E-state index in [4.69, 9.17) is 5.73 Å². The first-order chi connectivity index (χ1) is 6.76. The molecule has 14 heavy (non-hydrogen) atoms. The molecule has 3 N–H and O–H groups in total. The Bertz CT molecular complexity index is 184. The van der Waals surface area contributed by atoms with E-state index in [1.165, 1.54) is 12.8 Å². The lowest BCUT2D eigenvalue weighted by Crippen LogP contribution is -2.40. The van der Waals surface area contributed by atoms with Gasteiger partial charge in [-0.1, -0.05) is 0 Å². The normalized spacial score (nSPS) is 23.4. The van der Waals surface area contributed by atoms with E-state index in [0.29, 0.717) is 12.3 Å². The third-order valence-electron chi connectivity index (χ3n) is 2.87. The van der Waals surface area contributed by atoms with Crippen molar-refractivity contribution >= 4 is 5.91 Å². The number of carbonyl (C=O) groups excluding carboxylic acids is 1. The average molecular weight is 199 g/mol. The molecule has 1 atom stereocenters. The van der Waals surface area contributed by atoms with E-state index < -0.39 is 0 Å². The second-order valence-electron chi connectivity index (χ2n) is 3.97. The van der Waals surface area contributed by atoms with Crippen molar-refractivity contribution in [1.29, 1.82) is 0 Å². The van der Waals surface area contributed by atoms with Crippen LogP contribution in [-0.4, -0.2) is 44.0 Å². The van der Waals surface area contributed by atoms with E-state index in [1.54, 1.807) is 7.05 Å².